The van der Waals surface area contributed by atoms with Crippen molar-refractivity contribution in [3.05, 3.63) is 59.7 Å². The fourth-order valence-corrected chi connectivity index (χ4v) is 2.84. The molecule has 144 valence electrons. The monoisotopic (exact) mass is 396 g/mol. The Morgan fingerprint density at radius 1 is 0.926 bits per heavy atom. The van der Waals surface area contributed by atoms with Crippen LogP contribution in [0.1, 0.15) is 18.1 Å². The number of nitrogens with one attached hydrogen (secondary N) is 2. The van der Waals surface area contributed by atoms with Crippen LogP contribution in [-0.4, -0.2) is 23.3 Å². The third-order valence-corrected chi connectivity index (χ3v) is 4.52. The average molecular weight is 396 g/mol. The molecule has 2 rings (SSSR count). The molecule has 2 N–H and O–H groups in total. The fourth-order valence-electron chi connectivity index (χ4n) is 2.23. The minimum atomic E-state index is -4.47. The molecular formula is C19H19F3N2O2S. The van der Waals surface area contributed by atoms with Gasteiger partial charge in [-0.25, -0.2) is 0 Å². The molecule has 27 heavy (non-hydrogen) atoms. The SMILES string of the molecule is CCc1ccc(NC(=O)CSCC(=O)Nc2cccc(C(F)(F)F)c2)cc1. The van der Waals surface area contributed by atoms with Gasteiger partial charge < -0.3 is 10.6 Å². The summed E-state index contributed by atoms with van der Waals surface area (Å²) in [5.41, 5.74) is 1.07. The molecule has 4 nitrogen and oxygen atoms in total. The summed E-state index contributed by atoms with van der Waals surface area (Å²) in [6.45, 7) is 2.04. The van der Waals surface area contributed by atoms with Crippen LogP contribution in [0, 0.1) is 0 Å². The molecule has 0 radical (unpaired) electrons. The van der Waals surface area contributed by atoms with Crippen LogP contribution in [-0.2, 0) is 22.2 Å². The Labute approximate surface area is 159 Å². The van der Waals surface area contributed by atoms with E-state index in [1.807, 2.05) is 31.2 Å². The summed E-state index contributed by atoms with van der Waals surface area (Å²) in [5.74, 6) is -0.709. The number of benzene rings is 2. The van der Waals surface area contributed by atoms with E-state index in [-0.39, 0.29) is 23.1 Å². The predicted octanol–water partition coefficient (Wildman–Crippen LogP) is 4.58. The molecule has 0 bridgehead atoms. The second kappa shape index (κ2) is 9.45. The van der Waals surface area contributed by atoms with Crippen LogP contribution in [0.15, 0.2) is 48.5 Å². The first-order valence-corrected chi connectivity index (χ1v) is 9.37. The lowest BCUT2D eigenvalue weighted by Gasteiger charge is -2.10. The second-order valence-corrected chi connectivity index (χ2v) is 6.70. The summed E-state index contributed by atoms with van der Waals surface area (Å²) in [5, 5.41) is 5.12. The summed E-state index contributed by atoms with van der Waals surface area (Å²) >= 11 is 1.08. The van der Waals surface area contributed by atoms with E-state index in [4.69, 9.17) is 0 Å². The van der Waals surface area contributed by atoms with Gasteiger partial charge in [-0.15, -0.1) is 11.8 Å². The zero-order chi connectivity index (χ0) is 19.9. The highest BCUT2D eigenvalue weighted by atomic mass is 32.2. The maximum atomic E-state index is 12.7. The normalized spacial score (nSPS) is 11.1. The number of anilines is 2. The van der Waals surface area contributed by atoms with E-state index in [9.17, 15) is 22.8 Å². The highest BCUT2D eigenvalue weighted by molar-refractivity contribution is 8.00. The Bertz CT molecular complexity index is 792. The third kappa shape index (κ3) is 6.97. The van der Waals surface area contributed by atoms with E-state index < -0.39 is 17.6 Å². The smallest absolute Gasteiger partial charge is 0.325 e. The lowest BCUT2D eigenvalue weighted by molar-refractivity contribution is -0.137. The minimum absolute atomic E-state index is 0.0432. The van der Waals surface area contributed by atoms with Crippen molar-refractivity contribution in [3.63, 3.8) is 0 Å². The van der Waals surface area contributed by atoms with Crippen LogP contribution in [0.3, 0.4) is 0 Å². The maximum absolute atomic E-state index is 12.7. The number of amides is 2. The van der Waals surface area contributed by atoms with Crippen LogP contribution >= 0.6 is 11.8 Å². The summed E-state index contributed by atoms with van der Waals surface area (Å²) in [7, 11) is 0. The number of aryl methyl sites for hydroxylation is 1. The number of hydrogen-bond acceptors (Lipinski definition) is 3. The Hall–Kier alpha value is -2.48. The molecule has 0 aliphatic heterocycles. The Balaban J connectivity index is 1.76. The van der Waals surface area contributed by atoms with Gasteiger partial charge in [-0.1, -0.05) is 25.1 Å². The topological polar surface area (TPSA) is 58.2 Å². The zero-order valence-electron chi connectivity index (χ0n) is 14.6. The molecule has 2 aromatic carbocycles. The molecule has 0 saturated carbocycles. The van der Waals surface area contributed by atoms with Crippen molar-refractivity contribution in [1.82, 2.24) is 0 Å². The number of carbonyl (C=O) groups excluding carboxylic acids is 2. The number of rotatable bonds is 7. The summed E-state index contributed by atoms with van der Waals surface area (Å²) in [6.07, 6.45) is -3.56. The highest BCUT2D eigenvalue weighted by Crippen LogP contribution is 2.30. The van der Waals surface area contributed by atoms with Crippen molar-refractivity contribution in [3.8, 4) is 0 Å². The van der Waals surface area contributed by atoms with E-state index in [2.05, 4.69) is 10.6 Å². The van der Waals surface area contributed by atoms with Crippen LogP contribution in [0.4, 0.5) is 24.5 Å². The molecule has 2 aromatic rings. The average Bonchev–Trinajstić information content (AvgIpc) is 2.62. The number of alkyl halides is 3. The van der Waals surface area contributed by atoms with Crippen LogP contribution < -0.4 is 10.6 Å². The van der Waals surface area contributed by atoms with Crippen LogP contribution in [0.5, 0.6) is 0 Å². The fraction of sp³-hybridized carbons (Fsp3) is 0.263. The molecular weight excluding hydrogens is 377 g/mol. The van der Waals surface area contributed by atoms with Gasteiger partial charge in [0.25, 0.3) is 0 Å². The molecule has 0 fully saturated rings. The van der Waals surface area contributed by atoms with E-state index >= 15 is 0 Å². The molecule has 0 spiro atoms. The maximum Gasteiger partial charge on any atom is 0.416 e. The van der Waals surface area contributed by atoms with Gasteiger partial charge in [0.05, 0.1) is 17.1 Å². The van der Waals surface area contributed by atoms with Crippen molar-refractivity contribution in [1.29, 1.82) is 0 Å². The molecule has 2 amide bonds. The van der Waals surface area contributed by atoms with Crippen molar-refractivity contribution in [2.45, 2.75) is 19.5 Å². The molecule has 0 aliphatic carbocycles. The van der Waals surface area contributed by atoms with E-state index in [0.29, 0.717) is 5.69 Å². The van der Waals surface area contributed by atoms with Gasteiger partial charge in [-0.3, -0.25) is 9.59 Å². The first-order valence-electron chi connectivity index (χ1n) is 8.21. The van der Waals surface area contributed by atoms with Crippen molar-refractivity contribution in [2.24, 2.45) is 0 Å². The van der Waals surface area contributed by atoms with Crippen molar-refractivity contribution >= 4 is 35.0 Å². The second-order valence-electron chi connectivity index (χ2n) is 5.72. The molecule has 0 heterocycles. The van der Waals surface area contributed by atoms with E-state index in [1.165, 1.54) is 12.1 Å². The van der Waals surface area contributed by atoms with Gasteiger partial charge in [0.15, 0.2) is 0 Å². The number of thioether (sulfide) groups is 1. The molecule has 0 aliphatic rings. The minimum Gasteiger partial charge on any atom is -0.325 e. The summed E-state index contributed by atoms with van der Waals surface area (Å²) in [6, 6.07) is 11.9. The van der Waals surface area contributed by atoms with Crippen molar-refractivity contribution < 1.29 is 22.8 Å². The first kappa shape index (κ1) is 20.8. The van der Waals surface area contributed by atoms with Gasteiger partial charge >= 0.3 is 6.18 Å². The Kier molecular flexibility index (Phi) is 7.29. The predicted molar refractivity (Wildman–Crippen MR) is 102 cm³/mol. The van der Waals surface area contributed by atoms with Gasteiger partial charge in [0, 0.05) is 11.4 Å². The molecule has 0 saturated heterocycles. The zero-order valence-corrected chi connectivity index (χ0v) is 15.4. The Morgan fingerprint density at radius 2 is 1.52 bits per heavy atom. The lowest BCUT2D eigenvalue weighted by atomic mass is 10.1. The van der Waals surface area contributed by atoms with Gasteiger partial charge in [-0.05, 0) is 42.3 Å². The quantitative estimate of drug-likeness (QED) is 0.720. The lowest BCUT2D eigenvalue weighted by Crippen LogP contribution is -2.18. The van der Waals surface area contributed by atoms with Gasteiger partial charge in [0.2, 0.25) is 11.8 Å². The van der Waals surface area contributed by atoms with E-state index in [1.54, 1.807) is 0 Å². The van der Waals surface area contributed by atoms with E-state index in [0.717, 1.165) is 35.9 Å². The summed E-state index contributed by atoms with van der Waals surface area (Å²) in [4.78, 5) is 23.7. The van der Waals surface area contributed by atoms with Crippen LogP contribution in [0.2, 0.25) is 0 Å². The molecule has 0 aromatic heterocycles. The number of halogens is 3. The van der Waals surface area contributed by atoms with Gasteiger partial charge in [-0.2, -0.15) is 13.2 Å². The van der Waals surface area contributed by atoms with Crippen molar-refractivity contribution in [2.75, 3.05) is 22.1 Å². The largest absolute Gasteiger partial charge is 0.416 e. The highest BCUT2D eigenvalue weighted by Gasteiger charge is 2.30. The van der Waals surface area contributed by atoms with Crippen LogP contribution in [0.25, 0.3) is 0 Å². The summed E-state index contributed by atoms with van der Waals surface area (Å²) < 4.78 is 38.0. The Morgan fingerprint density at radius 3 is 2.07 bits per heavy atom. The molecule has 0 atom stereocenters. The molecule has 8 heteroatoms. The first-order chi connectivity index (χ1) is 12.8. The van der Waals surface area contributed by atoms with Gasteiger partial charge in [0.1, 0.15) is 0 Å². The number of hydrogen-bond donors (Lipinski definition) is 2. The third-order valence-electron chi connectivity index (χ3n) is 3.59. The standard InChI is InChI=1S/C19H19F3N2O2S/c1-2-13-6-8-15(9-7-13)23-17(25)11-27-12-18(26)24-16-5-3-4-14(10-16)19(20,21)22/h3-10H,2,11-12H2,1H3,(H,23,25)(H,24,26). The number of carbonyl (C=O) groups is 2. The molecule has 0 unspecified atom stereocenters.